The molecule has 0 aromatic carbocycles. The smallest absolute Gasteiger partial charge is 0.323 e. The van der Waals surface area contributed by atoms with Gasteiger partial charge in [-0.3, -0.25) is 4.90 Å². The van der Waals surface area contributed by atoms with Gasteiger partial charge in [0.1, 0.15) is 5.76 Å². The first-order valence-electron chi connectivity index (χ1n) is 5.46. The summed E-state index contributed by atoms with van der Waals surface area (Å²) >= 11 is 0. The molecule has 0 fully saturated rings. The highest BCUT2D eigenvalue weighted by molar-refractivity contribution is 5.90. The quantitative estimate of drug-likeness (QED) is 0.821. The molecule has 0 saturated carbocycles. The third-order valence-electron chi connectivity index (χ3n) is 2.28. The number of carbonyl (C=O) groups is 1. The van der Waals surface area contributed by atoms with Gasteiger partial charge in [0.2, 0.25) is 0 Å². The van der Waals surface area contributed by atoms with E-state index in [1.807, 2.05) is 20.8 Å². The minimum atomic E-state index is -0.237. The molecule has 1 aromatic heterocycles. The lowest BCUT2D eigenvalue weighted by Crippen LogP contribution is -2.37. The molecule has 5 nitrogen and oxygen atoms in total. The van der Waals surface area contributed by atoms with E-state index in [0.717, 1.165) is 5.76 Å². The van der Waals surface area contributed by atoms with Crippen LogP contribution in [0.25, 0.3) is 0 Å². The van der Waals surface area contributed by atoms with E-state index >= 15 is 0 Å². The number of hydrogen-bond acceptors (Lipinski definition) is 3. The highest BCUT2D eigenvalue weighted by Gasteiger charge is 2.22. The molecule has 1 rings (SSSR count). The number of rotatable bonds is 3. The van der Waals surface area contributed by atoms with Crippen molar-refractivity contribution >= 4 is 11.8 Å². The van der Waals surface area contributed by atoms with Crippen LogP contribution in [0.3, 0.4) is 0 Å². The van der Waals surface area contributed by atoms with E-state index in [1.165, 1.54) is 4.90 Å². The first kappa shape index (κ1) is 13.3. The lowest BCUT2D eigenvalue weighted by atomic mass is 9.93. The lowest BCUT2D eigenvalue weighted by molar-refractivity contribution is 0.248. The summed E-state index contributed by atoms with van der Waals surface area (Å²) in [6.45, 7) is 10.0. The Balaban J connectivity index is 2.76. The van der Waals surface area contributed by atoms with Crippen LogP contribution in [0.4, 0.5) is 10.6 Å². The fraction of sp³-hybridized carbons (Fsp3) is 0.500. The van der Waals surface area contributed by atoms with E-state index < -0.39 is 0 Å². The molecule has 0 aliphatic heterocycles. The first-order chi connectivity index (χ1) is 7.86. The zero-order valence-electron chi connectivity index (χ0n) is 10.8. The van der Waals surface area contributed by atoms with Gasteiger partial charge in [-0.25, -0.2) is 4.79 Å². The molecule has 0 aliphatic carbocycles. The zero-order chi connectivity index (χ0) is 13.1. The van der Waals surface area contributed by atoms with Crippen molar-refractivity contribution in [3.05, 3.63) is 24.5 Å². The first-order valence-corrected chi connectivity index (χ1v) is 5.46. The normalized spacial score (nSPS) is 11.1. The van der Waals surface area contributed by atoms with E-state index in [-0.39, 0.29) is 11.4 Å². The highest BCUT2D eigenvalue weighted by atomic mass is 16.5. The second kappa shape index (κ2) is 5.03. The molecule has 1 heterocycles. The molecular formula is C12H19N3O2. The lowest BCUT2D eigenvalue weighted by Gasteiger charge is -2.14. The minimum Gasteiger partial charge on any atom is -0.359 e. The summed E-state index contributed by atoms with van der Waals surface area (Å²) in [5.74, 6) is 1.24. The second-order valence-corrected chi connectivity index (χ2v) is 4.83. The van der Waals surface area contributed by atoms with Crippen LogP contribution in [-0.2, 0) is 5.41 Å². The predicted molar refractivity (Wildman–Crippen MR) is 67.2 cm³/mol. The van der Waals surface area contributed by atoms with Gasteiger partial charge >= 0.3 is 6.03 Å². The van der Waals surface area contributed by atoms with Crippen molar-refractivity contribution in [1.82, 2.24) is 10.5 Å². The van der Waals surface area contributed by atoms with Crippen molar-refractivity contribution in [3.8, 4) is 0 Å². The van der Waals surface area contributed by atoms with Gasteiger partial charge in [-0.1, -0.05) is 32.0 Å². The number of anilines is 1. The molecule has 0 saturated heterocycles. The van der Waals surface area contributed by atoms with E-state index in [0.29, 0.717) is 12.4 Å². The maximum atomic E-state index is 11.6. The standard InChI is InChI=1S/C12H19N3O2/c1-6-7-13-11(16)15(5)10-8-9(17-14-10)12(2,3)4/h6,8H,1,7H2,2-5H3,(H,13,16). The Labute approximate surface area is 101 Å². The van der Waals surface area contributed by atoms with Gasteiger partial charge in [0.25, 0.3) is 0 Å². The molecule has 0 atom stereocenters. The Kier molecular flexibility index (Phi) is 3.93. The van der Waals surface area contributed by atoms with Crippen molar-refractivity contribution in [1.29, 1.82) is 0 Å². The number of hydrogen-bond donors (Lipinski definition) is 1. The molecule has 1 N–H and O–H groups in total. The summed E-state index contributed by atoms with van der Waals surface area (Å²) < 4.78 is 5.21. The van der Waals surface area contributed by atoms with Crippen LogP contribution in [0.2, 0.25) is 0 Å². The van der Waals surface area contributed by atoms with Gasteiger partial charge in [0.05, 0.1) is 0 Å². The summed E-state index contributed by atoms with van der Waals surface area (Å²) in [7, 11) is 1.64. The number of nitrogens with one attached hydrogen (secondary N) is 1. The maximum absolute atomic E-state index is 11.6. The molecule has 2 amide bonds. The van der Waals surface area contributed by atoms with Gasteiger partial charge in [-0.15, -0.1) is 6.58 Å². The fourth-order valence-corrected chi connectivity index (χ4v) is 1.16. The number of urea groups is 1. The Bertz CT molecular complexity index is 404. The van der Waals surface area contributed by atoms with Crippen molar-refractivity contribution in [3.63, 3.8) is 0 Å². The van der Waals surface area contributed by atoms with Gasteiger partial charge in [-0.2, -0.15) is 0 Å². The highest BCUT2D eigenvalue weighted by Crippen LogP contribution is 2.25. The van der Waals surface area contributed by atoms with Crippen LogP contribution in [0.5, 0.6) is 0 Å². The summed E-state index contributed by atoms with van der Waals surface area (Å²) in [5, 5.41) is 6.54. The summed E-state index contributed by atoms with van der Waals surface area (Å²) in [5.41, 5.74) is -0.121. The maximum Gasteiger partial charge on any atom is 0.323 e. The minimum absolute atomic E-state index is 0.121. The van der Waals surface area contributed by atoms with Crippen LogP contribution in [-0.4, -0.2) is 24.8 Å². The molecule has 0 radical (unpaired) electrons. The van der Waals surface area contributed by atoms with Crippen molar-refractivity contribution in [2.24, 2.45) is 0 Å². The van der Waals surface area contributed by atoms with E-state index in [1.54, 1.807) is 19.2 Å². The third kappa shape index (κ3) is 3.34. The van der Waals surface area contributed by atoms with Gasteiger partial charge in [0.15, 0.2) is 5.82 Å². The van der Waals surface area contributed by atoms with E-state index in [9.17, 15) is 4.79 Å². The van der Waals surface area contributed by atoms with Crippen LogP contribution in [0.1, 0.15) is 26.5 Å². The average Bonchev–Trinajstić information content (AvgIpc) is 2.73. The van der Waals surface area contributed by atoms with Gasteiger partial charge in [0, 0.05) is 25.1 Å². The Hall–Kier alpha value is -1.78. The average molecular weight is 237 g/mol. The predicted octanol–water partition coefficient (Wildman–Crippen LogP) is 2.30. The fourth-order valence-electron chi connectivity index (χ4n) is 1.16. The number of nitrogens with zero attached hydrogens (tertiary/aromatic N) is 2. The van der Waals surface area contributed by atoms with Crippen LogP contribution >= 0.6 is 0 Å². The molecule has 0 unspecified atom stereocenters. The Morgan fingerprint density at radius 1 is 1.65 bits per heavy atom. The number of aromatic nitrogens is 1. The zero-order valence-corrected chi connectivity index (χ0v) is 10.8. The molecule has 5 heteroatoms. The van der Waals surface area contributed by atoms with Crippen LogP contribution in [0, 0.1) is 0 Å². The third-order valence-corrected chi connectivity index (χ3v) is 2.28. The van der Waals surface area contributed by atoms with Crippen LogP contribution in [0.15, 0.2) is 23.2 Å². The summed E-state index contributed by atoms with van der Waals surface area (Å²) in [6, 6.07) is 1.53. The molecule has 0 spiro atoms. The second-order valence-electron chi connectivity index (χ2n) is 4.83. The van der Waals surface area contributed by atoms with E-state index in [2.05, 4.69) is 17.1 Å². The van der Waals surface area contributed by atoms with Crippen molar-refractivity contribution < 1.29 is 9.32 Å². The molecule has 0 aliphatic rings. The van der Waals surface area contributed by atoms with E-state index in [4.69, 9.17) is 4.52 Å². The largest absolute Gasteiger partial charge is 0.359 e. The topological polar surface area (TPSA) is 58.4 Å². The Morgan fingerprint density at radius 2 is 2.29 bits per heavy atom. The van der Waals surface area contributed by atoms with Gasteiger partial charge in [-0.05, 0) is 0 Å². The van der Waals surface area contributed by atoms with Crippen molar-refractivity contribution in [2.45, 2.75) is 26.2 Å². The molecule has 17 heavy (non-hydrogen) atoms. The number of carbonyl (C=O) groups excluding carboxylic acids is 1. The van der Waals surface area contributed by atoms with Crippen molar-refractivity contribution in [2.75, 3.05) is 18.5 Å². The molecular weight excluding hydrogens is 218 g/mol. The summed E-state index contributed by atoms with van der Waals surface area (Å²) in [4.78, 5) is 13.1. The van der Waals surface area contributed by atoms with Crippen LogP contribution < -0.4 is 10.2 Å². The van der Waals surface area contributed by atoms with Gasteiger partial charge < -0.3 is 9.84 Å². The monoisotopic (exact) mass is 237 g/mol. The summed E-state index contributed by atoms with van der Waals surface area (Å²) in [6.07, 6.45) is 1.62. The molecule has 94 valence electrons. The Morgan fingerprint density at radius 3 is 2.76 bits per heavy atom. The molecule has 0 bridgehead atoms. The number of amides is 2. The SMILES string of the molecule is C=CCNC(=O)N(C)c1cc(C(C)(C)C)on1. The molecule has 1 aromatic rings.